The molecule has 0 heterocycles. The van der Waals surface area contributed by atoms with Crippen LogP contribution in [-0.2, 0) is 23.1 Å². The van der Waals surface area contributed by atoms with E-state index in [-0.39, 0.29) is 17.9 Å². The fraction of sp³-hybridized carbons (Fsp3) is 0.500. The lowest BCUT2D eigenvalue weighted by atomic mass is 10.2. The highest BCUT2D eigenvalue weighted by atomic mass is 33.1. The number of benzene rings is 1. The first-order valence-corrected chi connectivity index (χ1v) is 9.54. The monoisotopic (exact) mass is 348 g/mol. The number of hydrogen-bond donors (Lipinski definition) is 0. The minimum absolute atomic E-state index is 0.217. The summed E-state index contributed by atoms with van der Waals surface area (Å²) >= 11 is 0. The number of carbonyl (C=O) groups excluding carboxylic acids is 1. The summed E-state index contributed by atoms with van der Waals surface area (Å²) in [5, 5.41) is 0. The van der Waals surface area contributed by atoms with Gasteiger partial charge in [0.25, 0.3) is 0 Å². The molecule has 22 heavy (non-hydrogen) atoms. The number of esters is 1. The van der Waals surface area contributed by atoms with Crippen molar-refractivity contribution in [3.63, 3.8) is 0 Å². The number of carbonyl (C=O) groups is 1. The fourth-order valence-electron chi connectivity index (χ4n) is 1.61. The molecule has 0 amide bonds. The maximum atomic E-state index is 12.3. The second-order valence-corrected chi connectivity index (χ2v) is 8.58. The van der Waals surface area contributed by atoms with E-state index in [9.17, 15) is 13.2 Å². The maximum Gasteiger partial charge on any atom is 0.339 e. The van der Waals surface area contributed by atoms with Crippen LogP contribution >= 0.6 is 10.8 Å². The Morgan fingerprint density at radius 1 is 1.23 bits per heavy atom. The van der Waals surface area contributed by atoms with E-state index in [1.165, 1.54) is 27.2 Å². The number of hydrogen-bond acceptors (Lipinski definition) is 7. The third-order valence-corrected chi connectivity index (χ3v) is 6.22. The molecule has 124 valence electrons. The molecule has 0 N–H and O–H groups in total. The van der Waals surface area contributed by atoms with Crippen LogP contribution in [0.3, 0.4) is 0 Å². The Hall–Kier alpha value is -1.09. The third-order valence-electron chi connectivity index (χ3n) is 2.90. The van der Waals surface area contributed by atoms with Crippen molar-refractivity contribution < 1.29 is 27.4 Å². The molecule has 0 aliphatic rings. The van der Waals surface area contributed by atoms with Gasteiger partial charge >= 0.3 is 5.97 Å². The molecule has 0 bridgehead atoms. The number of methoxy groups -OCH3 is 2. The predicted molar refractivity (Wildman–Crippen MR) is 84.5 cm³/mol. The quantitative estimate of drug-likeness (QED) is 0.405. The summed E-state index contributed by atoms with van der Waals surface area (Å²) in [6.07, 6.45) is 0. The Morgan fingerprint density at radius 3 is 2.36 bits per heavy atom. The van der Waals surface area contributed by atoms with Crippen LogP contribution in [0.2, 0.25) is 0 Å². The van der Waals surface area contributed by atoms with E-state index in [1.807, 2.05) is 0 Å². The minimum Gasteiger partial charge on any atom is -0.462 e. The first kappa shape index (κ1) is 19.0. The summed E-state index contributed by atoms with van der Waals surface area (Å²) in [6.45, 7) is 3.44. The summed E-state index contributed by atoms with van der Waals surface area (Å²) in [6, 6.07) is 6.40. The summed E-state index contributed by atoms with van der Waals surface area (Å²) in [7, 11) is -0.290. The largest absolute Gasteiger partial charge is 0.462 e. The first-order chi connectivity index (χ1) is 10.3. The van der Waals surface area contributed by atoms with Crippen LogP contribution in [0.25, 0.3) is 0 Å². The van der Waals surface area contributed by atoms with Crippen LogP contribution in [0.4, 0.5) is 0 Å². The lowest BCUT2D eigenvalue weighted by Gasteiger charge is -2.25. The zero-order valence-electron chi connectivity index (χ0n) is 13.0. The van der Waals surface area contributed by atoms with Gasteiger partial charge in [0.2, 0.25) is 8.87 Å². The highest BCUT2D eigenvalue weighted by molar-refractivity contribution is 8.72. The molecule has 0 saturated carbocycles. The van der Waals surface area contributed by atoms with Crippen molar-refractivity contribution in [2.75, 3.05) is 26.6 Å². The number of rotatable bonds is 8. The summed E-state index contributed by atoms with van der Waals surface area (Å²) < 4.78 is 39.7. The molecule has 0 unspecified atom stereocenters. The molecule has 0 fully saturated rings. The SMILES string of the molecule is CCOC(=O)c1ccccc1SS(=O)(=O)CC(C)(OC)OC. The molecule has 0 aliphatic carbocycles. The molecular formula is C14H20O6S2. The summed E-state index contributed by atoms with van der Waals surface area (Å²) in [5.41, 5.74) is 0.217. The van der Waals surface area contributed by atoms with Gasteiger partial charge in [0.15, 0.2) is 5.79 Å². The van der Waals surface area contributed by atoms with Gasteiger partial charge in [-0.2, -0.15) is 0 Å². The normalized spacial score (nSPS) is 12.2. The van der Waals surface area contributed by atoms with Crippen molar-refractivity contribution in [2.24, 2.45) is 0 Å². The Bertz CT molecular complexity index is 608. The maximum absolute atomic E-state index is 12.3. The Kier molecular flexibility index (Phi) is 6.86. The Labute approximate surface area is 134 Å². The van der Waals surface area contributed by atoms with Crippen molar-refractivity contribution in [3.8, 4) is 0 Å². The van der Waals surface area contributed by atoms with Crippen molar-refractivity contribution >= 4 is 25.6 Å². The van der Waals surface area contributed by atoms with Crippen LogP contribution in [0.5, 0.6) is 0 Å². The van der Waals surface area contributed by atoms with E-state index in [2.05, 4.69) is 0 Å². The smallest absolute Gasteiger partial charge is 0.339 e. The zero-order valence-corrected chi connectivity index (χ0v) is 14.6. The fourth-order valence-corrected chi connectivity index (χ4v) is 5.27. The van der Waals surface area contributed by atoms with Gasteiger partial charge in [-0.3, -0.25) is 0 Å². The van der Waals surface area contributed by atoms with Crippen LogP contribution in [0.1, 0.15) is 24.2 Å². The predicted octanol–water partition coefficient (Wildman–Crippen LogP) is 2.29. The van der Waals surface area contributed by atoms with E-state index in [1.54, 1.807) is 25.1 Å². The van der Waals surface area contributed by atoms with Crippen molar-refractivity contribution in [3.05, 3.63) is 29.8 Å². The standard InChI is InChI=1S/C14H20O6S2/c1-5-20-13(15)11-8-6-7-9-12(11)21-22(16,17)10-14(2,18-3)19-4/h6-9H,5,10H2,1-4H3. The van der Waals surface area contributed by atoms with Gasteiger partial charge in [0.1, 0.15) is 5.75 Å². The van der Waals surface area contributed by atoms with Crippen LogP contribution in [0.15, 0.2) is 29.2 Å². The van der Waals surface area contributed by atoms with Gasteiger partial charge in [-0.25, -0.2) is 13.2 Å². The van der Waals surface area contributed by atoms with Gasteiger partial charge in [-0.15, -0.1) is 0 Å². The Morgan fingerprint density at radius 2 is 1.82 bits per heavy atom. The zero-order chi connectivity index (χ0) is 16.8. The molecule has 1 aromatic carbocycles. The molecule has 0 radical (unpaired) electrons. The molecule has 0 atom stereocenters. The second-order valence-electron chi connectivity index (χ2n) is 4.54. The van der Waals surface area contributed by atoms with Gasteiger partial charge in [-0.05, 0) is 26.0 Å². The highest BCUT2D eigenvalue weighted by Gasteiger charge is 2.32. The second kappa shape index (κ2) is 7.96. The average molecular weight is 348 g/mol. The van der Waals surface area contributed by atoms with Crippen molar-refractivity contribution in [1.82, 2.24) is 0 Å². The van der Waals surface area contributed by atoms with E-state index >= 15 is 0 Å². The molecule has 1 aromatic rings. The minimum atomic E-state index is -3.63. The van der Waals surface area contributed by atoms with Crippen molar-refractivity contribution in [1.29, 1.82) is 0 Å². The summed E-state index contributed by atoms with van der Waals surface area (Å²) in [5.74, 6) is -2.15. The van der Waals surface area contributed by atoms with Crippen LogP contribution < -0.4 is 0 Å². The first-order valence-electron chi connectivity index (χ1n) is 6.55. The Balaban J connectivity index is 3.02. The van der Waals surface area contributed by atoms with Gasteiger partial charge in [0, 0.05) is 29.9 Å². The van der Waals surface area contributed by atoms with Crippen LogP contribution in [-0.4, -0.2) is 46.8 Å². The average Bonchev–Trinajstić information content (AvgIpc) is 2.47. The molecule has 1 rings (SSSR count). The van der Waals surface area contributed by atoms with E-state index < -0.39 is 20.6 Å². The van der Waals surface area contributed by atoms with E-state index in [0.29, 0.717) is 15.7 Å². The highest BCUT2D eigenvalue weighted by Crippen LogP contribution is 2.31. The lowest BCUT2D eigenvalue weighted by molar-refractivity contribution is -0.175. The lowest BCUT2D eigenvalue weighted by Crippen LogP contribution is -2.37. The van der Waals surface area contributed by atoms with Gasteiger partial charge in [0.05, 0.1) is 12.2 Å². The molecule has 6 nitrogen and oxygen atoms in total. The molecule has 0 aromatic heterocycles. The third kappa shape index (κ3) is 5.28. The van der Waals surface area contributed by atoms with E-state index in [4.69, 9.17) is 14.2 Å². The molecule has 0 saturated heterocycles. The number of ether oxygens (including phenoxy) is 3. The molecule has 0 aliphatic heterocycles. The van der Waals surface area contributed by atoms with Crippen LogP contribution in [0, 0.1) is 0 Å². The van der Waals surface area contributed by atoms with Crippen molar-refractivity contribution in [2.45, 2.75) is 24.5 Å². The molecule has 8 heteroatoms. The molecular weight excluding hydrogens is 328 g/mol. The topological polar surface area (TPSA) is 78.9 Å². The summed E-state index contributed by atoms with van der Waals surface area (Å²) in [4.78, 5) is 12.2. The van der Waals surface area contributed by atoms with Gasteiger partial charge < -0.3 is 14.2 Å². The van der Waals surface area contributed by atoms with Gasteiger partial charge in [-0.1, -0.05) is 12.1 Å². The molecule has 0 spiro atoms. The van der Waals surface area contributed by atoms with E-state index in [0.717, 1.165) is 0 Å².